The van der Waals surface area contributed by atoms with Gasteiger partial charge in [-0.1, -0.05) is 65.9 Å². The van der Waals surface area contributed by atoms with Crippen molar-refractivity contribution < 1.29 is 39.5 Å². The number of benzene rings is 3. The molecule has 41 heavy (non-hydrogen) atoms. The third-order valence-corrected chi connectivity index (χ3v) is 9.20. The van der Waals surface area contributed by atoms with Gasteiger partial charge in [-0.05, 0) is 60.6 Å². The topological polar surface area (TPSA) is 68.3 Å². The van der Waals surface area contributed by atoms with Crippen LogP contribution in [0.15, 0.2) is 83.8 Å². The Labute approximate surface area is 235 Å². The summed E-state index contributed by atoms with van der Waals surface area (Å²) in [6, 6.07) is 19.1. The van der Waals surface area contributed by atoms with Gasteiger partial charge in [-0.3, -0.25) is 9.46 Å². The van der Waals surface area contributed by atoms with E-state index in [0.29, 0.717) is 17.5 Å². The maximum atomic E-state index is 14.0. The molecule has 2 atom stereocenters. The first-order valence-corrected chi connectivity index (χ1v) is 14.7. The van der Waals surface area contributed by atoms with Crippen molar-refractivity contribution in [3.05, 3.63) is 90.0 Å². The van der Waals surface area contributed by atoms with Gasteiger partial charge in [0.1, 0.15) is 0 Å². The van der Waals surface area contributed by atoms with Gasteiger partial charge in [-0.15, -0.1) is 13.2 Å². The fourth-order valence-electron chi connectivity index (χ4n) is 4.93. The van der Waals surface area contributed by atoms with Gasteiger partial charge in [0.25, 0.3) is 10.0 Å². The van der Waals surface area contributed by atoms with Crippen molar-refractivity contribution in [3.63, 3.8) is 0 Å². The molecule has 1 N–H and O–H groups in total. The van der Waals surface area contributed by atoms with Crippen molar-refractivity contribution in [1.82, 2.24) is 4.98 Å². The first-order chi connectivity index (χ1) is 19.3. The average Bonchev–Trinajstić information content (AvgIpc) is 3.55. The summed E-state index contributed by atoms with van der Waals surface area (Å²) >= 11 is 0.866. The van der Waals surface area contributed by atoms with Gasteiger partial charge in [0.05, 0.1) is 27.1 Å². The van der Waals surface area contributed by atoms with Gasteiger partial charge in [0, 0.05) is 5.56 Å². The number of sulfonamides is 1. The molecule has 0 aliphatic heterocycles. The summed E-state index contributed by atoms with van der Waals surface area (Å²) in [6.45, 7) is 0. The molecular formula is C28H22F6N2O3S2. The van der Waals surface area contributed by atoms with Crippen LogP contribution in [-0.2, 0) is 20.9 Å². The van der Waals surface area contributed by atoms with Gasteiger partial charge < -0.3 is 0 Å². The molecule has 1 saturated carbocycles. The highest BCUT2D eigenvalue weighted by atomic mass is 32.2. The lowest BCUT2D eigenvalue weighted by Crippen LogP contribution is -2.21. The first-order valence-electron chi connectivity index (χ1n) is 12.4. The number of aromatic nitrogens is 1. The minimum absolute atomic E-state index is 0.0483. The molecule has 1 aromatic heterocycles. The number of alkyl halides is 6. The lowest BCUT2D eigenvalue weighted by atomic mass is 9.94. The number of nitrogens with zero attached hydrogens (tertiary/aromatic N) is 1. The van der Waals surface area contributed by atoms with Crippen LogP contribution < -0.4 is 4.72 Å². The first kappa shape index (κ1) is 29.1. The second kappa shape index (κ2) is 11.1. The van der Waals surface area contributed by atoms with Crippen molar-refractivity contribution in [2.45, 2.75) is 48.7 Å². The molecule has 0 radical (unpaired) electrons. The third kappa shape index (κ3) is 6.74. The van der Waals surface area contributed by atoms with Crippen LogP contribution in [-0.4, -0.2) is 25.9 Å². The van der Waals surface area contributed by atoms with Crippen LogP contribution in [0.5, 0.6) is 0 Å². The summed E-state index contributed by atoms with van der Waals surface area (Å²) in [4.78, 5) is 4.53. The van der Waals surface area contributed by atoms with Crippen LogP contribution in [0.1, 0.15) is 36.3 Å². The van der Waals surface area contributed by atoms with Crippen molar-refractivity contribution in [2.24, 2.45) is 0 Å². The van der Waals surface area contributed by atoms with Crippen LogP contribution >= 0.6 is 11.3 Å². The quantitative estimate of drug-likeness (QED) is 0.213. The molecule has 1 heterocycles. The molecule has 13 heteroatoms. The van der Waals surface area contributed by atoms with Gasteiger partial charge in [0.2, 0.25) is 0 Å². The fraction of sp³-hybridized carbons (Fsp3) is 0.250. The Balaban J connectivity index is 1.56. The van der Waals surface area contributed by atoms with E-state index in [-0.39, 0.29) is 44.9 Å². The number of hydrogen-bond acceptors (Lipinski definition) is 5. The molecule has 1 fully saturated rings. The number of anilines is 1. The minimum atomic E-state index is -4.74. The van der Waals surface area contributed by atoms with Gasteiger partial charge in [0.15, 0.2) is 5.13 Å². The van der Waals surface area contributed by atoms with Crippen LogP contribution in [0.4, 0.5) is 31.5 Å². The zero-order valence-corrected chi connectivity index (χ0v) is 22.7. The number of nitrogens with one attached hydrogen (secondary N) is 1. The number of halogens is 6. The Hall–Kier alpha value is -3.42. The molecule has 0 saturated heterocycles. The lowest BCUT2D eigenvalue weighted by molar-refractivity contribution is -0.341. The highest BCUT2D eigenvalue weighted by molar-refractivity contribution is 7.93. The Kier molecular flexibility index (Phi) is 7.88. The summed E-state index contributed by atoms with van der Waals surface area (Å²) in [5.74, 6) is -0.253. The summed E-state index contributed by atoms with van der Waals surface area (Å²) in [5, 5.41) is -0.138. The van der Waals surface area contributed by atoms with E-state index in [9.17, 15) is 34.8 Å². The molecule has 0 amide bonds. The SMILES string of the molecule is O=S(=O)(Nc1nc(-c2ccccc2C(F)(F)F)c(-c2cccc([C@H]3CC[C@@H](OC(F)(F)F)C3)c2)s1)c1ccccc1. The predicted octanol–water partition coefficient (Wildman–Crippen LogP) is 8.47. The molecule has 0 unspecified atom stereocenters. The van der Waals surface area contributed by atoms with E-state index in [1.165, 1.54) is 42.5 Å². The predicted molar refractivity (Wildman–Crippen MR) is 143 cm³/mol. The van der Waals surface area contributed by atoms with E-state index in [0.717, 1.165) is 17.4 Å². The highest BCUT2D eigenvalue weighted by Gasteiger charge is 2.38. The molecule has 216 valence electrons. The third-order valence-electron chi connectivity index (χ3n) is 6.69. The highest BCUT2D eigenvalue weighted by Crippen LogP contribution is 2.46. The summed E-state index contributed by atoms with van der Waals surface area (Å²) in [7, 11) is -4.09. The normalized spacial score (nSPS) is 18.0. The molecule has 5 nitrogen and oxygen atoms in total. The maximum Gasteiger partial charge on any atom is 0.522 e. The molecule has 0 spiro atoms. The van der Waals surface area contributed by atoms with E-state index in [2.05, 4.69) is 14.4 Å². The lowest BCUT2D eigenvalue weighted by Gasteiger charge is -2.15. The monoisotopic (exact) mass is 612 g/mol. The Morgan fingerprint density at radius 3 is 2.29 bits per heavy atom. The second-order valence-electron chi connectivity index (χ2n) is 9.48. The smallest absolute Gasteiger partial charge is 0.289 e. The van der Waals surface area contributed by atoms with Gasteiger partial charge in [-0.25, -0.2) is 13.4 Å². The Morgan fingerprint density at radius 2 is 1.59 bits per heavy atom. The second-order valence-corrected chi connectivity index (χ2v) is 12.2. The van der Waals surface area contributed by atoms with Crippen LogP contribution in [0, 0.1) is 0 Å². The minimum Gasteiger partial charge on any atom is -0.289 e. The zero-order valence-electron chi connectivity index (χ0n) is 21.0. The molecule has 0 bridgehead atoms. The Bertz CT molecular complexity index is 1640. The van der Waals surface area contributed by atoms with Gasteiger partial charge in [-0.2, -0.15) is 13.2 Å². The number of ether oxygens (including phenoxy) is 1. The Morgan fingerprint density at radius 1 is 0.878 bits per heavy atom. The van der Waals surface area contributed by atoms with E-state index < -0.39 is 34.2 Å². The van der Waals surface area contributed by atoms with Crippen molar-refractivity contribution in [2.75, 3.05) is 4.72 Å². The maximum absolute atomic E-state index is 14.0. The molecular weight excluding hydrogens is 590 g/mol. The number of rotatable bonds is 7. The zero-order chi connectivity index (χ0) is 29.4. The average molecular weight is 613 g/mol. The summed E-state index contributed by atoms with van der Waals surface area (Å²) in [5.41, 5.74) is -0.0945. The van der Waals surface area contributed by atoms with Crippen molar-refractivity contribution >= 4 is 26.5 Å². The molecule has 1 aliphatic rings. The molecule has 4 aromatic rings. The van der Waals surface area contributed by atoms with E-state index >= 15 is 0 Å². The standard InChI is InChI=1S/C28H22F6N2O3S2/c29-27(30,31)23-12-5-4-11-22(23)24-25(40-26(35-24)36-41(37,38)21-9-2-1-3-10-21)19-8-6-7-17(15-19)18-13-14-20(16-18)39-28(32,33)34/h1-12,15,18,20H,13-14,16H2,(H,35,36)/t18-,20+/m0/s1. The van der Waals surface area contributed by atoms with Crippen LogP contribution in [0.25, 0.3) is 21.7 Å². The molecule has 3 aromatic carbocycles. The van der Waals surface area contributed by atoms with E-state index in [1.807, 2.05) is 0 Å². The number of thiazole rings is 1. The van der Waals surface area contributed by atoms with Crippen molar-refractivity contribution in [1.29, 1.82) is 0 Å². The molecule has 1 aliphatic carbocycles. The number of hydrogen-bond donors (Lipinski definition) is 1. The van der Waals surface area contributed by atoms with Crippen molar-refractivity contribution in [3.8, 4) is 21.7 Å². The van der Waals surface area contributed by atoms with Crippen LogP contribution in [0.2, 0.25) is 0 Å². The van der Waals surface area contributed by atoms with Gasteiger partial charge >= 0.3 is 12.5 Å². The fourth-order valence-corrected chi connectivity index (χ4v) is 7.16. The van der Waals surface area contributed by atoms with E-state index in [1.54, 1.807) is 30.3 Å². The van der Waals surface area contributed by atoms with Crippen LogP contribution in [0.3, 0.4) is 0 Å². The molecule has 5 rings (SSSR count). The largest absolute Gasteiger partial charge is 0.522 e. The summed E-state index contributed by atoms with van der Waals surface area (Å²) < 4.78 is 113. The van der Waals surface area contributed by atoms with E-state index in [4.69, 9.17) is 0 Å². The summed E-state index contributed by atoms with van der Waals surface area (Å²) in [6.07, 6.45) is -9.64.